The molecule has 0 bridgehead atoms. The largest absolute Gasteiger partial charge is 0.330 e. The highest BCUT2D eigenvalue weighted by molar-refractivity contribution is 5.30. The van der Waals surface area contributed by atoms with Crippen molar-refractivity contribution >= 4 is 0 Å². The molecule has 0 aromatic heterocycles. The van der Waals surface area contributed by atoms with E-state index in [1.54, 1.807) is 0 Å². The molecule has 94 valence electrons. The Hall–Kier alpha value is -0.860. The van der Waals surface area contributed by atoms with Gasteiger partial charge in [0.25, 0.3) is 0 Å². The van der Waals surface area contributed by atoms with Crippen molar-refractivity contribution in [1.29, 1.82) is 0 Å². The van der Waals surface area contributed by atoms with Crippen molar-refractivity contribution in [1.82, 2.24) is 4.90 Å². The van der Waals surface area contributed by atoms with Crippen LogP contribution in [0.2, 0.25) is 0 Å². The van der Waals surface area contributed by atoms with Gasteiger partial charge in [0.2, 0.25) is 0 Å². The van der Waals surface area contributed by atoms with Gasteiger partial charge in [-0.3, -0.25) is 0 Å². The van der Waals surface area contributed by atoms with Crippen molar-refractivity contribution in [3.05, 3.63) is 35.4 Å². The molecule has 1 aromatic carbocycles. The number of rotatable bonds is 4. The maximum absolute atomic E-state index is 5.83. The average Bonchev–Trinajstić information content (AvgIpc) is 2.78. The van der Waals surface area contributed by atoms with E-state index in [0.29, 0.717) is 5.92 Å². The molecule has 2 atom stereocenters. The lowest BCUT2D eigenvalue weighted by Crippen LogP contribution is -2.14. The number of hydrogen-bond donors (Lipinski definition) is 1. The third kappa shape index (κ3) is 2.88. The molecule has 2 unspecified atom stereocenters. The van der Waals surface area contributed by atoms with Crippen LogP contribution in [-0.4, -0.2) is 31.6 Å². The van der Waals surface area contributed by atoms with Crippen molar-refractivity contribution in [2.24, 2.45) is 5.73 Å². The molecular formula is C15H24N2. The lowest BCUT2D eigenvalue weighted by molar-refractivity contribution is 0.411. The number of benzene rings is 1. The standard InChI is InChI=1S/C15H24N2/c1-3-12(10-16)13-5-4-6-14(9-13)15-7-8-17(2)11-15/h4-6,9,12,15H,3,7-8,10-11,16H2,1-2H3. The molecule has 0 spiro atoms. The Morgan fingerprint density at radius 3 is 2.88 bits per heavy atom. The molecule has 1 aliphatic heterocycles. The van der Waals surface area contributed by atoms with Crippen molar-refractivity contribution in [3.63, 3.8) is 0 Å². The molecule has 2 N–H and O–H groups in total. The first kappa shape index (κ1) is 12.6. The number of likely N-dealkylation sites (tertiary alicyclic amines) is 1. The first-order valence-corrected chi connectivity index (χ1v) is 6.73. The Morgan fingerprint density at radius 2 is 2.29 bits per heavy atom. The molecule has 1 fully saturated rings. The number of nitrogens with zero attached hydrogens (tertiary/aromatic N) is 1. The lowest BCUT2D eigenvalue weighted by atomic mass is 9.91. The van der Waals surface area contributed by atoms with Gasteiger partial charge in [-0.25, -0.2) is 0 Å². The summed E-state index contributed by atoms with van der Waals surface area (Å²) in [5.41, 5.74) is 8.75. The fourth-order valence-electron chi connectivity index (χ4n) is 2.81. The first-order valence-electron chi connectivity index (χ1n) is 6.73. The Bertz CT molecular complexity index is 358. The van der Waals surface area contributed by atoms with Gasteiger partial charge in [-0.2, -0.15) is 0 Å². The second-order valence-corrected chi connectivity index (χ2v) is 5.26. The van der Waals surface area contributed by atoms with E-state index >= 15 is 0 Å². The van der Waals surface area contributed by atoms with Crippen LogP contribution in [0.1, 0.15) is 42.7 Å². The van der Waals surface area contributed by atoms with Gasteiger partial charge in [0.05, 0.1) is 0 Å². The second kappa shape index (κ2) is 5.65. The normalized spacial score (nSPS) is 22.9. The zero-order chi connectivity index (χ0) is 12.3. The van der Waals surface area contributed by atoms with Gasteiger partial charge in [-0.1, -0.05) is 31.2 Å². The fraction of sp³-hybridized carbons (Fsp3) is 0.600. The van der Waals surface area contributed by atoms with E-state index in [9.17, 15) is 0 Å². The number of nitrogens with two attached hydrogens (primary N) is 1. The van der Waals surface area contributed by atoms with E-state index in [1.807, 2.05) is 0 Å². The first-order chi connectivity index (χ1) is 8.24. The summed E-state index contributed by atoms with van der Waals surface area (Å²) in [7, 11) is 2.21. The molecule has 1 saturated heterocycles. The highest BCUT2D eigenvalue weighted by Crippen LogP contribution is 2.28. The summed E-state index contributed by atoms with van der Waals surface area (Å²) in [6.45, 7) is 5.39. The van der Waals surface area contributed by atoms with Crippen LogP contribution < -0.4 is 5.73 Å². The molecule has 1 aliphatic rings. The summed E-state index contributed by atoms with van der Waals surface area (Å²) >= 11 is 0. The highest BCUT2D eigenvalue weighted by Gasteiger charge is 2.21. The van der Waals surface area contributed by atoms with Gasteiger partial charge in [0, 0.05) is 6.54 Å². The molecule has 1 aromatic rings. The van der Waals surface area contributed by atoms with Crippen LogP contribution in [0.4, 0.5) is 0 Å². The maximum atomic E-state index is 5.83. The highest BCUT2D eigenvalue weighted by atomic mass is 15.1. The molecule has 0 amide bonds. The quantitative estimate of drug-likeness (QED) is 0.864. The third-order valence-corrected chi connectivity index (χ3v) is 4.02. The Labute approximate surface area is 105 Å². The van der Waals surface area contributed by atoms with Crippen LogP contribution in [0.15, 0.2) is 24.3 Å². The maximum Gasteiger partial charge on any atom is 0.00477 e. The van der Waals surface area contributed by atoms with Gasteiger partial charge in [0.1, 0.15) is 0 Å². The minimum absolute atomic E-state index is 0.522. The predicted octanol–water partition coefficient (Wildman–Crippen LogP) is 2.56. The van der Waals surface area contributed by atoms with Gasteiger partial charge in [-0.15, -0.1) is 0 Å². The topological polar surface area (TPSA) is 29.3 Å². The molecule has 0 radical (unpaired) electrons. The SMILES string of the molecule is CCC(CN)c1cccc(C2CCN(C)C2)c1. The smallest absolute Gasteiger partial charge is 0.00477 e. The van der Waals surface area contributed by atoms with Crippen molar-refractivity contribution < 1.29 is 0 Å². The Kier molecular flexibility index (Phi) is 4.19. The molecule has 2 nitrogen and oxygen atoms in total. The minimum atomic E-state index is 0.522. The summed E-state index contributed by atoms with van der Waals surface area (Å²) < 4.78 is 0. The van der Waals surface area contributed by atoms with Crippen LogP contribution in [0.5, 0.6) is 0 Å². The monoisotopic (exact) mass is 232 g/mol. The third-order valence-electron chi connectivity index (χ3n) is 4.02. The zero-order valence-corrected chi connectivity index (χ0v) is 11.0. The van der Waals surface area contributed by atoms with Gasteiger partial charge < -0.3 is 10.6 Å². The van der Waals surface area contributed by atoms with Gasteiger partial charge in [0.15, 0.2) is 0 Å². The van der Waals surface area contributed by atoms with Crippen LogP contribution >= 0.6 is 0 Å². The molecule has 0 saturated carbocycles. The van der Waals surface area contributed by atoms with Crippen molar-refractivity contribution in [2.45, 2.75) is 31.6 Å². The minimum Gasteiger partial charge on any atom is -0.330 e. The number of hydrogen-bond acceptors (Lipinski definition) is 2. The van der Waals surface area contributed by atoms with E-state index in [2.05, 4.69) is 43.1 Å². The summed E-state index contributed by atoms with van der Waals surface area (Å²) in [6.07, 6.45) is 2.42. The van der Waals surface area contributed by atoms with Crippen molar-refractivity contribution in [3.8, 4) is 0 Å². The van der Waals surface area contributed by atoms with Crippen LogP contribution in [-0.2, 0) is 0 Å². The fourth-order valence-corrected chi connectivity index (χ4v) is 2.81. The zero-order valence-electron chi connectivity index (χ0n) is 11.0. The Morgan fingerprint density at radius 1 is 1.47 bits per heavy atom. The summed E-state index contributed by atoms with van der Waals surface area (Å²) in [5.74, 6) is 1.24. The average molecular weight is 232 g/mol. The lowest BCUT2D eigenvalue weighted by Gasteiger charge is -2.16. The van der Waals surface area contributed by atoms with E-state index < -0.39 is 0 Å². The van der Waals surface area contributed by atoms with E-state index in [1.165, 1.54) is 30.6 Å². The van der Waals surface area contributed by atoms with Crippen molar-refractivity contribution in [2.75, 3.05) is 26.7 Å². The summed E-state index contributed by atoms with van der Waals surface area (Å²) in [4.78, 5) is 2.41. The van der Waals surface area contributed by atoms with E-state index in [-0.39, 0.29) is 0 Å². The summed E-state index contributed by atoms with van der Waals surface area (Å²) in [6, 6.07) is 9.08. The summed E-state index contributed by atoms with van der Waals surface area (Å²) in [5, 5.41) is 0. The second-order valence-electron chi connectivity index (χ2n) is 5.26. The molecular weight excluding hydrogens is 208 g/mol. The van der Waals surface area contributed by atoms with Gasteiger partial charge in [-0.05, 0) is 55.9 Å². The number of likely N-dealkylation sites (N-methyl/N-ethyl adjacent to an activating group) is 1. The van der Waals surface area contributed by atoms with Gasteiger partial charge >= 0.3 is 0 Å². The molecule has 0 aliphatic carbocycles. The van der Waals surface area contributed by atoms with Crippen LogP contribution in [0.25, 0.3) is 0 Å². The molecule has 2 heteroatoms. The predicted molar refractivity (Wildman–Crippen MR) is 73.4 cm³/mol. The molecule has 17 heavy (non-hydrogen) atoms. The van der Waals surface area contributed by atoms with E-state index in [0.717, 1.165) is 18.9 Å². The molecule has 1 heterocycles. The molecule has 2 rings (SSSR count). The van der Waals surface area contributed by atoms with Crippen LogP contribution in [0, 0.1) is 0 Å². The van der Waals surface area contributed by atoms with E-state index in [4.69, 9.17) is 5.73 Å². The van der Waals surface area contributed by atoms with Crippen LogP contribution in [0.3, 0.4) is 0 Å². The Balaban J connectivity index is 2.16.